The number of Topliss-reactive ketones (excluding diaryl/α,β-unsaturated/α-hetero) is 1. The fourth-order valence-electron chi connectivity index (χ4n) is 1.75. The molecule has 1 aromatic rings. The van der Waals surface area contributed by atoms with Gasteiger partial charge in [-0.3, -0.25) is 9.48 Å². The summed E-state index contributed by atoms with van der Waals surface area (Å²) in [6.45, 7) is 1.07. The summed E-state index contributed by atoms with van der Waals surface area (Å²) in [5, 5.41) is 4.57. The molecule has 0 amide bonds. The SMILES string of the molecule is COCCn1ncc(Cl)c1C(=O)C1CSCCS1. The van der Waals surface area contributed by atoms with E-state index < -0.39 is 0 Å². The number of methoxy groups -OCH3 is 1. The van der Waals surface area contributed by atoms with Crippen molar-refractivity contribution in [1.29, 1.82) is 0 Å². The van der Waals surface area contributed by atoms with Crippen molar-refractivity contribution in [3.05, 3.63) is 16.9 Å². The minimum Gasteiger partial charge on any atom is -0.383 e. The summed E-state index contributed by atoms with van der Waals surface area (Å²) < 4.78 is 6.66. The predicted octanol–water partition coefficient (Wildman–Crippen LogP) is 2.21. The van der Waals surface area contributed by atoms with Gasteiger partial charge >= 0.3 is 0 Å². The lowest BCUT2D eigenvalue weighted by molar-refractivity contribution is 0.0981. The van der Waals surface area contributed by atoms with Crippen LogP contribution in [0.2, 0.25) is 5.02 Å². The van der Waals surface area contributed by atoms with Crippen molar-refractivity contribution >= 4 is 40.9 Å². The van der Waals surface area contributed by atoms with E-state index in [4.69, 9.17) is 16.3 Å². The zero-order chi connectivity index (χ0) is 13.0. The van der Waals surface area contributed by atoms with Gasteiger partial charge in [0.05, 0.1) is 29.6 Å². The Morgan fingerprint density at radius 1 is 1.67 bits per heavy atom. The molecule has 0 N–H and O–H groups in total. The molecule has 1 aliphatic heterocycles. The van der Waals surface area contributed by atoms with Crippen LogP contribution in [0.4, 0.5) is 0 Å². The lowest BCUT2D eigenvalue weighted by atomic mass is 10.2. The molecule has 1 unspecified atom stereocenters. The van der Waals surface area contributed by atoms with Crippen LogP contribution in [0, 0.1) is 0 Å². The van der Waals surface area contributed by atoms with Crippen LogP contribution in [0.15, 0.2) is 6.20 Å². The number of halogens is 1. The van der Waals surface area contributed by atoms with E-state index in [9.17, 15) is 4.79 Å². The second-order valence-corrected chi connectivity index (χ2v) is 6.72. The first-order chi connectivity index (χ1) is 8.74. The summed E-state index contributed by atoms with van der Waals surface area (Å²) in [5.41, 5.74) is 0.522. The molecule has 18 heavy (non-hydrogen) atoms. The molecular weight excluding hydrogens is 292 g/mol. The molecule has 1 atom stereocenters. The van der Waals surface area contributed by atoms with Crippen LogP contribution in [0.25, 0.3) is 0 Å². The lowest BCUT2D eigenvalue weighted by Gasteiger charge is -2.20. The van der Waals surface area contributed by atoms with Crippen LogP contribution in [-0.2, 0) is 11.3 Å². The van der Waals surface area contributed by atoms with E-state index in [-0.39, 0.29) is 11.0 Å². The highest BCUT2D eigenvalue weighted by Crippen LogP contribution is 2.28. The molecule has 2 heterocycles. The van der Waals surface area contributed by atoms with E-state index in [0.29, 0.717) is 23.9 Å². The number of hydrogen-bond acceptors (Lipinski definition) is 5. The van der Waals surface area contributed by atoms with E-state index in [0.717, 1.165) is 17.3 Å². The van der Waals surface area contributed by atoms with Crippen molar-refractivity contribution in [3.8, 4) is 0 Å². The van der Waals surface area contributed by atoms with Gasteiger partial charge in [0.25, 0.3) is 0 Å². The number of thioether (sulfide) groups is 2. The number of nitrogens with zero attached hydrogens (tertiary/aromatic N) is 2. The minimum absolute atomic E-state index is 0.000699. The van der Waals surface area contributed by atoms with Crippen LogP contribution in [0.1, 0.15) is 10.5 Å². The molecule has 0 bridgehead atoms. The first-order valence-electron chi connectivity index (χ1n) is 5.68. The summed E-state index contributed by atoms with van der Waals surface area (Å²) in [6, 6.07) is 0. The summed E-state index contributed by atoms with van der Waals surface area (Å²) >= 11 is 9.61. The Morgan fingerprint density at radius 3 is 3.17 bits per heavy atom. The first kappa shape index (κ1) is 14.2. The second kappa shape index (κ2) is 6.84. The van der Waals surface area contributed by atoms with Gasteiger partial charge in [0, 0.05) is 24.4 Å². The molecule has 1 aliphatic rings. The predicted molar refractivity (Wildman–Crippen MR) is 77.0 cm³/mol. The highest BCUT2D eigenvalue weighted by Gasteiger charge is 2.28. The average Bonchev–Trinajstić information content (AvgIpc) is 2.77. The molecule has 1 aromatic heterocycles. The topological polar surface area (TPSA) is 44.1 Å². The number of carbonyl (C=O) groups is 1. The lowest BCUT2D eigenvalue weighted by Crippen LogP contribution is -2.27. The van der Waals surface area contributed by atoms with Crippen molar-refractivity contribution in [2.75, 3.05) is 31.0 Å². The van der Waals surface area contributed by atoms with Gasteiger partial charge in [-0.05, 0) is 0 Å². The standard InChI is InChI=1S/C11H15ClN2O2S2/c1-16-3-2-14-10(8(12)6-13-14)11(15)9-7-17-4-5-18-9/h6,9H,2-5,7H2,1H3. The van der Waals surface area contributed by atoms with E-state index in [2.05, 4.69) is 5.10 Å². The van der Waals surface area contributed by atoms with Gasteiger partial charge < -0.3 is 4.74 Å². The zero-order valence-corrected chi connectivity index (χ0v) is 12.5. The molecule has 0 radical (unpaired) electrons. The highest BCUT2D eigenvalue weighted by atomic mass is 35.5. The number of aromatic nitrogens is 2. The maximum absolute atomic E-state index is 12.4. The van der Waals surface area contributed by atoms with Crippen molar-refractivity contribution in [2.24, 2.45) is 0 Å². The van der Waals surface area contributed by atoms with Crippen LogP contribution in [0.3, 0.4) is 0 Å². The fraction of sp³-hybridized carbons (Fsp3) is 0.636. The molecule has 1 fully saturated rings. The van der Waals surface area contributed by atoms with Gasteiger partial charge in [0.15, 0.2) is 5.78 Å². The fourth-order valence-corrected chi connectivity index (χ4v) is 4.59. The van der Waals surface area contributed by atoms with Gasteiger partial charge in [0.2, 0.25) is 0 Å². The van der Waals surface area contributed by atoms with Crippen molar-refractivity contribution in [2.45, 2.75) is 11.8 Å². The summed E-state index contributed by atoms with van der Waals surface area (Å²) in [6.07, 6.45) is 1.53. The average molecular weight is 307 g/mol. The molecule has 0 saturated carbocycles. The Bertz CT molecular complexity index is 419. The molecule has 1 saturated heterocycles. The summed E-state index contributed by atoms with van der Waals surface area (Å²) in [7, 11) is 1.63. The maximum Gasteiger partial charge on any atom is 0.196 e. The summed E-state index contributed by atoms with van der Waals surface area (Å²) in [4.78, 5) is 12.4. The van der Waals surface area contributed by atoms with Gasteiger partial charge in [-0.25, -0.2) is 0 Å². The smallest absolute Gasteiger partial charge is 0.196 e. The second-order valence-electron chi connectivity index (χ2n) is 3.86. The number of ether oxygens (including phenoxy) is 1. The Labute approximate surface area is 120 Å². The van der Waals surface area contributed by atoms with Crippen LogP contribution in [-0.4, -0.2) is 51.8 Å². The summed E-state index contributed by atoms with van der Waals surface area (Å²) in [5.74, 6) is 3.08. The number of carbonyl (C=O) groups excluding carboxylic acids is 1. The van der Waals surface area contributed by atoms with Crippen LogP contribution < -0.4 is 0 Å². The van der Waals surface area contributed by atoms with Crippen molar-refractivity contribution in [3.63, 3.8) is 0 Å². The number of hydrogen-bond donors (Lipinski definition) is 0. The molecule has 0 aliphatic carbocycles. The minimum atomic E-state index is -0.000699. The normalized spacial score (nSPS) is 20.0. The molecule has 100 valence electrons. The van der Waals surface area contributed by atoms with Crippen LogP contribution in [0.5, 0.6) is 0 Å². The zero-order valence-electron chi connectivity index (χ0n) is 10.1. The molecule has 0 spiro atoms. The van der Waals surface area contributed by atoms with E-state index in [1.807, 2.05) is 11.8 Å². The first-order valence-corrected chi connectivity index (χ1v) is 8.26. The Morgan fingerprint density at radius 2 is 2.50 bits per heavy atom. The molecule has 2 rings (SSSR count). The van der Waals surface area contributed by atoms with Crippen molar-refractivity contribution in [1.82, 2.24) is 9.78 Å². The Kier molecular flexibility index (Phi) is 5.41. The van der Waals surface area contributed by atoms with E-state index in [1.165, 1.54) is 6.20 Å². The van der Waals surface area contributed by atoms with Gasteiger partial charge in [0.1, 0.15) is 5.69 Å². The monoisotopic (exact) mass is 306 g/mol. The molecule has 0 aromatic carbocycles. The van der Waals surface area contributed by atoms with E-state index in [1.54, 1.807) is 23.6 Å². The van der Waals surface area contributed by atoms with Crippen molar-refractivity contribution < 1.29 is 9.53 Å². The Balaban J connectivity index is 2.14. The third-order valence-corrected chi connectivity index (χ3v) is 5.67. The van der Waals surface area contributed by atoms with E-state index >= 15 is 0 Å². The molecular formula is C11H15ClN2O2S2. The largest absolute Gasteiger partial charge is 0.383 e. The van der Waals surface area contributed by atoms with Gasteiger partial charge in [-0.1, -0.05) is 11.6 Å². The number of rotatable bonds is 5. The van der Waals surface area contributed by atoms with Gasteiger partial charge in [-0.2, -0.15) is 16.9 Å². The molecule has 4 nitrogen and oxygen atoms in total. The van der Waals surface area contributed by atoms with Gasteiger partial charge in [-0.15, -0.1) is 11.8 Å². The maximum atomic E-state index is 12.4. The quantitative estimate of drug-likeness (QED) is 0.781. The third kappa shape index (κ3) is 3.23. The highest BCUT2D eigenvalue weighted by molar-refractivity contribution is 8.07. The number of ketones is 1. The Hall–Kier alpha value is -0.170. The molecule has 7 heteroatoms. The van der Waals surface area contributed by atoms with Crippen LogP contribution >= 0.6 is 35.1 Å². The third-order valence-electron chi connectivity index (χ3n) is 2.64.